The van der Waals surface area contributed by atoms with Crippen molar-refractivity contribution in [2.45, 2.75) is 303 Å². The molecular formula is C54H102O5. The molecule has 0 aromatic rings. The molecule has 0 heterocycles. The Morgan fingerprint density at radius 2 is 0.508 bits per heavy atom. The van der Waals surface area contributed by atoms with Crippen LogP contribution in [0.4, 0.5) is 0 Å². The zero-order valence-corrected chi connectivity index (χ0v) is 40.0. The van der Waals surface area contributed by atoms with E-state index in [1.807, 2.05) is 0 Å². The molecule has 348 valence electrons. The van der Waals surface area contributed by atoms with Gasteiger partial charge in [-0.1, -0.05) is 238 Å². The first kappa shape index (κ1) is 59.2. The zero-order valence-electron chi connectivity index (χ0n) is 40.0. The number of hydrogen-bond donors (Lipinski definition) is 1. The normalized spacial score (nSPS) is 11.4. The molecule has 0 aliphatic carbocycles. The lowest BCUT2D eigenvalue weighted by atomic mass is 10.0. The number of esters is 2. The van der Waals surface area contributed by atoms with E-state index in [2.05, 4.69) is 45.1 Å². The van der Waals surface area contributed by atoms with Crippen molar-refractivity contribution in [2.24, 2.45) is 0 Å². The van der Waals surface area contributed by atoms with Crippen molar-refractivity contribution in [2.75, 3.05) is 0 Å². The van der Waals surface area contributed by atoms with Gasteiger partial charge in [0.2, 0.25) is 0 Å². The highest BCUT2D eigenvalue weighted by molar-refractivity contribution is 5.85. The zero-order chi connectivity index (χ0) is 43.4. The molecule has 0 bridgehead atoms. The molecule has 59 heavy (non-hydrogen) atoms. The Balaban J connectivity index is 0. The van der Waals surface area contributed by atoms with E-state index in [1.165, 1.54) is 218 Å². The minimum atomic E-state index is -0.664. The summed E-state index contributed by atoms with van der Waals surface area (Å²) in [6, 6.07) is 0. The smallest absolute Gasteiger partial charge is 0.313 e. The number of carboxylic acids is 1. The minimum Gasteiger partial charge on any atom is -0.481 e. The van der Waals surface area contributed by atoms with Gasteiger partial charge in [0.1, 0.15) is 0 Å². The van der Waals surface area contributed by atoms with E-state index >= 15 is 0 Å². The summed E-state index contributed by atoms with van der Waals surface area (Å²) in [5, 5.41) is 8.51. The second-order valence-corrected chi connectivity index (χ2v) is 17.6. The number of unbranched alkanes of at least 4 members (excludes halogenated alkanes) is 36. The van der Waals surface area contributed by atoms with Gasteiger partial charge < -0.3 is 9.84 Å². The van der Waals surface area contributed by atoms with E-state index in [0.717, 1.165) is 44.9 Å². The molecule has 0 aromatic heterocycles. The summed E-state index contributed by atoms with van der Waals surface area (Å²) in [7, 11) is 0. The number of hydrogen-bond acceptors (Lipinski definition) is 4. The molecule has 0 fully saturated rings. The summed E-state index contributed by atoms with van der Waals surface area (Å²) >= 11 is 0. The molecule has 0 rings (SSSR count). The number of carbonyl (C=O) groups is 3. The van der Waals surface area contributed by atoms with E-state index in [4.69, 9.17) is 9.84 Å². The van der Waals surface area contributed by atoms with Crippen LogP contribution in [0.3, 0.4) is 0 Å². The van der Waals surface area contributed by atoms with Crippen molar-refractivity contribution in [3.63, 3.8) is 0 Å². The summed E-state index contributed by atoms with van der Waals surface area (Å²) < 4.78 is 5.00. The highest BCUT2D eigenvalue weighted by Crippen LogP contribution is 2.15. The molecule has 0 radical (unpaired) electrons. The van der Waals surface area contributed by atoms with E-state index in [0.29, 0.717) is 19.3 Å². The Labute approximate surface area is 368 Å². The van der Waals surface area contributed by atoms with Gasteiger partial charge in [-0.05, 0) is 70.6 Å². The third-order valence-electron chi connectivity index (χ3n) is 11.5. The molecule has 0 aromatic carbocycles. The number of aliphatic carboxylic acids is 1. The molecule has 0 amide bonds. The van der Waals surface area contributed by atoms with Gasteiger partial charge in [0.05, 0.1) is 0 Å². The van der Waals surface area contributed by atoms with Crippen LogP contribution < -0.4 is 0 Å². The van der Waals surface area contributed by atoms with Crippen molar-refractivity contribution in [3.8, 4) is 0 Å². The van der Waals surface area contributed by atoms with Crippen LogP contribution in [0.15, 0.2) is 24.3 Å². The van der Waals surface area contributed by atoms with Crippen LogP contribution in [0.25, 0.3) is 0 Å². The van der Waals surface area contributed by atoms with E-state index in [-0.39, 0.29) is 11.9 Å². The molecule has 0 saturated carbocycles. The summed E-state index contributed by atoms with van der Waals surface area (Å²) in [4.78, 5) is 34.1. The first-order valence-corrected chi connectivity index (χ1v) is 26.2. The molecular weight excluding hydrogens is 729 g/mol. The fraction of sp³-hybridized carbons (Fsp3) is 0.870. The minimum absolute atomic E-state index is 0.331. The lowest BCUT2D eigenvalue weighted by molar-refractivity contribution is -0.159. The number of rotatable bonds is 46. The SMILES string of the molecule is CCCCCCCCC=CCCCCCCCC(=O)O.CCCCCCCCC=CCCCCCCCC(=O)OC(=O)CCCCCCCCCCCCCCCCC. The van der Waals surface area contributed by atoms with Gasteiger partial charge >= 0.3 is 17.9 Å². The van der Waals surface area contributed by atoms with Gasteiger partial charge in [-0.3, -0.25) is 14.4 Å². The Kier molecular flexibility index (Phi) is 54.3. The molecule has 5 nitrogen and oxygen atoms in total. The van der Waals surface area contributed by atoms with Gasteiger partial charge in [0.25, 0.3) is 0 Å². The molecule has 1 N–H and O–H groups in total. The Morgan fingerprint density at radius 3 is 0.746 bits per heavy atom. The van der Waals surface area contributed by atoms with Crippen molar-refractivity contribution < 1.29 is 24.2 Å². The lowest BCUT2D eigenvalue weighted by Crippen LogP contribution is -2.11. The van der Waals surface area contributed by atoms with Gasteiger partial charge in [-0.2, -0.15) is 0 Å². The lowest BCUT2D eigenvalue weighted by Gasteiger charge is -2.04. The molecule has 5 heteroatoms. The largest absolute Gasteiger partial charge is 0.481 e. The fourth-order valence-electron chi connectivity index (χ4n) is 7.56. The van der Waals surface area contributed by atoms with Gasteiger partial charge in [0, 0.05) is 19.3 Å². The maximum absolute atomic E-state index is 11.9. The van der Waals surface area contributed by atoms with Gasteiger partial charge in [0.15, 0.2) is 0 Å². The second-order valence-electron chi connectivity index (χ2n) is 17.6. The summed E-state index contributed by atoms with van der Waals surface area (Å²) in [6.07, 6.45) is 62.4. The van der Waals surface area contributed by atoms with Crippen LogP contribution in [-0.4, -0.2) is 23.0 Å². The number of carboxylic acid groups (broad SMARTS) is 1. The van der Waals surface area contributed by atoms with Crippen molar-refractivity contribution in [3.05, 3.63) is 24.3 Å². The van der Waals surface area contributed by atoms with Crippen molar-refractivity contribution in [1.29, 1.82) is 0 Å². The molecule has 0 saturated heterocycles. The molecule has 0 spiro atoms. The number of ether oxygens (including phenoxy) is 1. The van der Waals surface area contributed by atoms with E-state index in [9.17, 15) is 14.4 Å². The fourth-order valence-corrected chi connectivity index (χ4v) is 7.56. The third-order valence-corrected chi connectivity index (χ3v) is 11.5. The van der Waals surface area contributed by atoms with Gasteiger partial charge in [-0.25, -0.2) is 0 Å². The standard InChI is InChI=1S/C36H68O3.C18H34O2/c1-3-5-7-9-11-13-15-17-19-21-23-25-27-29-31-33-35(37)39-36(38)34-32-30-28-26-24-22-20-18-16-14-12-10-8-6-4-2;1-2-3-4-5-6-7-8-9-10-11-12-13-14-15-16-17-18(19)20/h17,19H,3-16,18,20-34H2,1-2H3;9-10H,2-8,11-17H2,1H3,(H,19,20). The van der Waals surface area contributed by atoms with Crippen molar-refractivity contribution in [1.82, 2.24) is 0 Å². The van der Waals surface area contributed by atoms with E-state index in [1.54, 1.807) is 0 Å². The van der Waals surface area contributed by atoms with Crippen LogP contribution >= 0.6 is 0 Å². The topological polar surface area (TPSA) is 80.7 Å². The maximum atomic E-state index is 11.9. The molecule has 0 aliphatic heterocycles. The molecule has 0 unspecified atom stereocenters. The summed E-state index contributed by atoms with van der Waals surface area (Å²) in [5.74, 6) is -1.33. The quantitative estimate of drug-likeness (QED) is 0.0286. The first-order chi connectivity index (χ1) is 29.0. The highest BCUT2D eigenvalue weighted by Gasteiger charge is 2.10. The Bertz CT molecular complexity index is 908. The van der Waals surface area contributed by atoms with Crippen LogP contribution in [0.5, 0.6) is 0 Å². The second kappa shape index (κ2) is 54.1. The third kappa shape index (κ3) is 58.2. The average Bonchev–Trinajstić information content (AvgIpc) is 3.22. The number of allylic oxidation sites excluding steroid dienone is 4. The van der Waals surface area contributed by atoms with Crippen LogP contribution in [0.1, 0.15) is 303 Å². The molecule has 0 atom stereocenters. The maximum Gasteiger partial charge on any atom is 0.313 e. The van der Waals surface area contributed by atoms with Crippen LogP contribution in [0.2, 0.25) is 0 Å². The molecule has 0 aliphatic rings. The highest BCUT2D eigenvalue weighted by atomic mass is 16.6. The number of carbonyl (C=O) groups excluding carboxylic acids is 2. The first-order valence-electron chi connectivity index (χ1n) is 26.2. The summed E-state index contributed by atoms with van der Waals surface area (Å²) in [5.41, 5.74) is 0. The van der Waals surface area contributed by atoms with Crippen LogP contribution in [0, 0.1) is 0 Å². The van der Waals surface area contributed by atoms with Gasteiger partial charge in [-0.15, -0.1) is 0 Å². The van der Waals surface area contributed by atoms with Crippen molar-refractivity contribution >= 4 is 17.9 Å². The van der Waals surface area contributed by atoms with Crippen LogP contribution in [-0.2, 0) is 19.1 Å². The van der Waals surface area contributed by atoms with E-state index < -0.39 is 5.97 Å². The Morgan fingerprint density at radius 1 is 0.305 bits per heavy atom. The predicted octanol–water partition coefficient (Wildman–Crippen LogP) is 18.5. The predicted molar refractivity (Wildman–Crippen MR) is 257 cm³/mol. The average molecular weight is 831 g/mol. The summed E-state index contributed by atoms with van der Waals surface area (Å²) in [6.45, 7) is 6.80. The monoisotopic (exact) mass is 831 g/mol. The Hall–Kier alpha value is -1.91.